The Kier molecular flexibility index (Phi) is 5.86. The van der Waals surface area contributed by atoms with Gasteiger partial charge in [-0.25, -0.2) is 15.5 Å². The van der Waals surface area contributed by atoms with Gasteiger partial charge in [0.05, 0.1) is 0 Å². The van der Waals surface area contributed by atoms with Crippen molar-refractivity contribution in [2.24, 2.45) is 0 Å². The third-order valence-corrected chi connectivity index (χ3v) is 2.86. The topological polar surface area (TPSA) is 88.5 Å². The van der Waals surface area contributed by atoms with Crippen LogP contribution in [0.5, 0.6) is 0 Å². The fourth-order valence-corrected chi connectivity index (χ4v) is 1.65. The Hall–Kier alpha value is -1.24. The predicted octanol–water partition coefficient (Wildman–Crippen LogP) is 2.63. The molecule has 2 N–H and O–H groups in total. The lowest BCUT2D eigenvalue weighted by molar-refractivity contribution is 0.0564. The van der Waals surface area contributed by atoms with Crippen LogP contribution < -0.4 is 5.32 Å². The third kappa shape index (κ3) is 8.47. The quantitative estimate of drug-likeness (QED) is 0.311. The van der Waals surface area contributed by atoms with E-state index in [0.29, 0.717) is 0 Å². The second-order valence-electron chi connectivity index (χ2n) is 5.93. The summed E-state index contributed by atoms with van der Waals surface area (Å²) in [6.07, 6.45) is 0.772. The van der Waals surface area contributed by atoms with E-state index in [1.807, 2.05) is 0 Å². The number of carbonyl (C=O) groups excluding carboxylic acids is 2. The molecule has 0 heterocycles. The first kappa shape index (κ1) is 17.8. The summed E-state index contributed by atoms with van der Waals surface area (Å²) in [4.78, 5) is 23.2. The Balaban J connectivity index is 4.43. The normalized spacial score (nSPS) is 13.4. The molecule has 1 unspecified atom stereocenters. The lowest BCUT2D eigenvalue weighted by atomic mass is 10.2. The van der Waals surface area contributed by atoms with Crippen LogP contribution in [0.2, 0.25) is 0 Å². The van der Waals surface area contributed by atoms with Crippen LogP contribution in [0, 0.1) is 5.41 Å². The number of ether oxygens (including phenoxy) is 2. The maximum absolute atomic E-state index is 11.7. The van der Waals surface area contributed by atoms with E-state index in [4.69, 9.17) is 14.9 Å². The van der Waals surface area contributed by atoms with Crippen LogP contribution in [0.15, 0.2) is 0 Å². The van der Waals surface area contributed by atoms with E-state index >= 15 is 0 Å². The molecule has 0 spiro atoms. The van der Waals surface area contributed by atoms with Crippen LogP contribution in [0.3, 0.4) is 0 Å². The van der Waals surface area contributed by atoms with Crippen molar-refractivity contribution < 1.29 is 19.1 Å². The van der Waals surface area contributed by atoms with Crippen molar-refractivity contribution in [3.8, 4) is 0 Å². The molecule has 6 nitrogen and oxygen atoms in total. The lowest BCUT2D eigenvalue weighted by Crippen LogP contribution is -2.42. The van der Waals surface area contributed by atoms with Gasteiger partial charge >= 0.3 is 16.6 Å². The highest BCUT2D eigenvalue weighted by molar-refractivity contribution is 8.22. The minimum Gasteiger partial charge on any atom is -0.443 e. The number of rotatable bonds is 0. The minimum atomic E-state index is -1.14. The van der Waals surface area contributed by atoms with Crippen LogP contribution in [0.25, 0.3) is 0 Å². The zero-order valence-corrected chi connectivity index (χ0v) is 13.4. The molecule has 19 heavy (non-hydrogen) atoms. The van der Waals surface area contributed by atoms with Crippen LogP contribution in [0.1, 0.15) is 41.5 Å². The van der Waals surface area contributed by atoms with Crippen LogP contribution >= 0.6 is 0 Å². The lowest BCUT2D eigenvalue weighted by Gasteiger charge is -2.19. The molecule has 1 atom stereocenters. The third-order valence-electron chi connectivity index (χ3n) is 1.56. The molecule has 0 saturated heterocycles. The molecular formula is C12H23N2O4S+. The van der Waals surface area contributed by atoms with E-state index in [2.05, 4.69) is 5.32 Å². The summed E-state index contributed by atoms with van der Waals surface area (Å²) in [5, 5.41) is 9.15. The molecular weight excluding hydrogens is 268 g/mol. The van der Waals surface area contributed by atoms with E-state index in [9.17, 15) is 9.59 Å². The Morgan fingerprint density at radius 2 is 1.42 bits per heavy atom. The second-order valence-corrected chi connectivity index (χ2v) is 7.69. The molecule has 7 heteroatoms. The molecule has 0 aliphatic rings. The first-order valence-corrected chi connectivity index (χ1v) is 7.42. The molecule has 0 aromatic heterocycles. The minimum absolute atomic E-state index is 0.219. The molecule has 0 bridgehead atoms. The smallest absolute Gasteiger partial charge is 0.443 e. The first-order chi connectivity index (χ1) is 8.32. The fourth-order valence-electron chi connectivity index (χ4n) is 0.869. The molecule has 1 amide bonds. The van der Waals surface area contributed by atoms with Crippen molar-refractivity contribution >= 4 is 27.5 Å². The summed E-state index contributed by atoms with van der Waals surface area (Å²) >= 11 is 0. The highest BCUT2D eigenvalue weighted by atomic mass is 32.2. The highest BCUT2D eigenvalue weighted by Crippen LogP contribution is 2.12. The van der Waals surface area contributed by atoms with Gasteiger partial charge in [0.1, 0.15) is 17.5 Å². The summed E-state index contributed by atoms with van der Waals surface area (Å²) in [7, 11) is -1.14. The average molecular weight is 291 g/mol. The molecule has 0 radical (unpaired) electrons. The maximum atomic E-state index is 11.7. The van der Waals surface area contributed by atoms with Gasteiger partial charge in [0.15, 0.2) is 10.9 Å². The molecule has 0 saturated carbocycles. The SMILES string of the molecule is C[S+](C(=N)NC(=O)OC(C)(C)C)C(=O)OC(C)(C)C. The van der Waals surface area contributed by atoms with Gasteiger partial charge in [-0.05, 0) is 41.5 Å². The molecule has 0 rings (SSSR count). The summed E-state index contributed by atoms with van der Waals surface area (Å²) in [5.74, 6) is 0. The zero-order valence-electron chi connectivity index (χ0n) is 12.5. The number of alkyl carbamates (subject to hydrolysis) is 1. The maximum Gasteiger partial charge on any atom is 0.534 e. The van der Waals surface area contributed by atoms with Gasteiger partial charge in [-0.1, -0.05) is 0 Å². The largest absolute Gasteiger partial charge is 0.534 e. The molecule has 0 fully saturated rings. The van der Waals surface area contributed by atoms with E-state index in [1.165, 1.54) is 6.26 Å². The fraction of sp³-hybridized carbons (Fsp3) is 0.750. The van der Waals surface area contributed by atoms with E-state index in [1.54, 1.807) is 41.5 Å². The van der Waals surface area contributed by atoms with Gasteiger partial charge < -0.3 is 9.47 Å². The van der Waals surface area contributed by atoms with Crippen LogP contribution in [0.4, 0.5) is 9.59 Å². The summed E-state index contributed by atoms with van der Waals surface area (Å²) in [6.45, 7) is 10.4. The molecule has 0 aliphatic heterocycles. The second kappa shape index (κ2) is 6.27. The van der Waals surface area contributed by atoms with Crippen molar-refractivity contribution in [1.29, 1.82) is 5.41 Å². The first-order valence-electron chi connectivity index (χ1n) is 5.79. The number of nitrogens with one attached hydrogen (secondary N) is 2. The zero-order chi connectivity index (χ0) is 15.4. The van der Waals surface area contributed by atoms with Gasteiger partial charge in [-0.15, -0.1) is 0 Å². The van der Waals surface area contributed by atoms with E-state index in [-0.39, 0.29) is 5.17 Å². The Bertz CT molecular complexity index is 369. The monoisotopic (exact) mass is 291 g/mol. The van der Waals surface area contributed by atoms with Crippen molar-refractivity contribution in [3.05, 3.63) is 0 Å². The average Bonchev–Trinajstić information content (AvgIpc) is 2.10. The summed E-state index contributed by atoms with van der Waals surface area (Å²) < 4.78 is 10.1. The van der Waals surface area contributed by atoms with Crippen LogP contribution in [-0.2, 0) is 20.4 Å². The number of carbonyl (C=O) groups is 2. The summed E-state index contributed by atoms with van der Waals surface area (Å²) in [5.41, 5.74) is -1.27. The molecule has 0 aromatic carbocycles. The Labute approximate surface area is 117 Å². The van der Waals surface area contributed by atoms with Crippen molar-refractivity contribution in [2.45, 2.75) is 52.7 Å². The van der Waals surface area contributed by atoms with Gasteiger partial charge in [0.2, 0.25) is 0 Å². The predicted molar refractivity (Wildman–Crippen MR) is 76.6 cm³/mol. The van der Waals surface area contributed by atoms with Crippen molar-refractivity contribution in [1.82, 2.24) is 5.32 Å². The van der Waals surface area contributed by atoms with Crippen molar-refractivity contribution in [2.75, 3.05) is 6.26 Å². The van der Waals surface area contributed by atoms with Crippen molar-refractivity contribution in [3.63, 3.8) is 0 Å². The molecule has 0 aromatic rings. The number of amides is 1. The summed E-state index contributed by atoms with van der Waals surface area (Å²) in [6, 6.07) is 0. The van der Waals surface area contributed by atoms with Gasteiger partial charge in [0.25, 0.3) is 0 Å². The molecule has 110 valence electrons. The Morgan fingerprint density at radius 3 is 1.79 bits per heavy atom. The number of hydrogen-bond acceptors (Lipinski definition) is 5. The van der Waals surface area contributed by atoms with Crippen LogP contribution in [-0.4, -0.2) is 34.0 Å². The van der Waals surface area contributed by atoms with Gasteiger partial charge in [0, 0.05) is 0 Å². The number of amidine groups is 1. The highest BCUT2D eigenvalue weighted by Gasteiger charge is 2.37. The Morgan fingerprint density at radius 1 is 1.00 bits per heavy atom. The van der Waals surface area contributed by atoms with E-state index < -0.39 is 33.5 Å². The molecule has 0 aliphatic carbocycles. The van der Waals surface area contributed by atoms with Gasteiger partial charge in [-0.2, -0.15) is 4.79 Å². The van der Waals surface area contributed by atoms with E-state index in [0.717, 1.165) is 0 Å². The number of hydrogen-bond donors (Lipinski definition) is 2. The standard InChI is InChI=1S/C12H22N2O4S/c1-11(2,3)17-9(15)14-8(13)19(7)10(16)18-12(4,5)6/h1-7H3,(H-,13,14,15)/p+1. The van der Waals surface area contributed by atoms with Gasteiger partial charge in [-0.3, -0.25) is 0 Å².